The van der Waals surface area contributed by atoms with Crippen LogP contribution in [0.25, 0.3) is 11.4 Å². The van der Waals surface area contributed by atoms with Gasteiger partial charge in [0.05, 0.1) is 16.4 Å². The van der Waals surface area contributed by atoms with Gasteiger partial charge in [0, 0.05) is 31.9 Å². The fourth-order valence-electron chi connectivity index (χ4n) is 3.47. The van der Waals surface area contributed by atoms with E-state index in [0.717, 1.165) is 10.2 Å². The van der Waals surface area contributed by atoms with Crippen molar-refractivity contribution in [2.75, 3.05) is 13.1 Å². The number of nitrogens with zero attached hydrogens (tertiary/aromatic N) is 3. The van der Waals surface area contributed by atoms with Crippen LogP contribution in [0.1, 0.15) is 23.2 Å². The molecule has 3 aromatic rings. The molecule has 2 aromatic heterocycles. The maximum absolute atomic E-state index is 12.6. The van der Waals surface area contributed by atoms with Gasteiger partial charge in [-0.25, -0.2) is 17.8 Å². The van der Waals surface area contributed by atoms with Gasteiger partial charge in [-0.05, 0) is 59.5 Å². The zero-order valence-corrected chi connectivity index (χ0v) is 21.6. The van der Waals surface area contributed by atoms with E-state index >= 15 is 0 Å². The second-order valence-electron chi connectivity index (χ2n) is 7.82. The number of aromatic nitrogens is 3. The van der Waals surface area contributed by atoms with Crippen LogP contribution in [0.3, 0.4) is 0 Å². The molecule has 0 spiro atoms. The van der Waals surface area contributed by atoms with Crippen molar-refractivity contribution >= 4 is 37.3 Å². The second-order valence-corrected chi connectivity index (χ2v) is 10.4. The molecular weight excluding hydrogens is 522 g/mol. The molecule has 0 saturated carbocycles. The minimum atomic E-state index is -3.85. The highest BCUT2D eigenvalue weighted by atomic mass is 79.9. The van der Waals surface area contributed by atoms with E-state index in [1.807, 2.05) is 13.0 Å². The van der Waals surface area contributed by atoms with Gasteiger partial charge in [-0.2, -0.15) is 5.10 Å². The molecule has 0 amide bonds. The smallest absolute Gasteiger partial charge is 0.246 e. The molecule has 9 nitrogen and oxygen atoms in total. The molecule has 0 atom stereocenters. The highest BCUT2D eigenvalue weighted by Crippen LogP contribution is 2.28. The number of allylic oxidation sites excluding steroid dienone is 2. The molecule has 0 fully saturated rings. The molecule has 0 radical (unpaired) electrons. The van der Waals surface area contributed by atoms with Gasteiger partial charge in [0.25, 0.3) is 0 Å². The number of phenolic OH excluding ortho intramolecular Hbond substituents is 1. The molecule has 0 bridgehead atoms. The molecule has 1 aromatic carbocycles. The van der Waals surface area contributed by atoms with E-state index in [4.69, 9.17) is 0 Å². The van der Waals surface area contributed by atoms with Crippen LogP contribution in [0.4, 0.5) is 0 Å². The fraction of sp³-hybridized carbons (Fsp3) is 0.261. The van der Waals surface area contributed by atoms with E-state index in [1.165, 1.54) is 4.57 Å². The number of rotatable bonds is 10. The van der Waals surface area contributed by atoms with Gasteiger partial charge in [-0.15, -0.1) is 0 Å². The van der Waals surface area contributed by atoms with Crippen molar-refractivity contribution in [3.8, 4) is 11.6 Å². The van der Waals surface area contributed by atoms with E-state index in [1.54, 1.807) is 55.3 Å². The minimum Gasteiger partial charge on any atom is -0.507 e. The molecule has 182 valence electrons. The molecule has 0 aliphatic heterocycles. The molecular formula is C23H28BrN5O4S. The van der Waals surface area contributed by atoms with E-state index in [9.17, 15) is 18.6 Å². The fourth-order valence-corrected chi connectivity index (χ4v) is 5.15. The highest BCUT2D eigenvalue weighted by molar-refractivity contribution is 9.10. The third kappa shape index (κ3) is 5.54. The van der Waals surface area contributed by atoms with Crippen LogP contribution in [-0.4, -0.2) is 46.1 Å². The average Bonchev–Trinajstić information content (AvgIpc) is 3.24. The lowest BCUT2D eigenvalue weighted by Crippen LogP contribution is -2.28. The summed E-state index contributed by atoms with van der Waals surface area (Å²) in [6.07, 6.45) is 5.48. The lowest BCUT2D eigenvalue weighted by Gasteiger charge is -2.15. The number of nitrogens with one attached hydrogen (secondary N) is 2. The summed E-state index contributed by atoms with van der Waals surface area (Å²) in [6, 6.07) is 6.92. The maximum Gasteiger partial charge on any atom is 0.246 e. The molecule has 0 unspecified atom stereocenters. The Hall–Kier alpha value is -3.02. The summed E-state index contributed by atoms with van der Waals surface area (Å²) in [4.78, 5) is -0.112. The van der Waals surface area contributed by atoms with Crippen molar-refractivity contribution in [1.82, 2.24) is 24.4 Å². The first kappa shape index (κ1) is 25.6. The summed E-state index contributed by atoms with van der Waals surface area (Å²) < 4.78 is 31.7. The summed E-state index contributed by atoms with van der Waals surface area (Å²) in [5.41, 5.74) is 2.51. The number of hydrogen-bond acceptors (Lipinski definition) is 6. The molecule has 0 saturated heterocycles. The summed E-state index contributed by atoms with van der Waals surface area (Å²) >= 11 is 3.46. The summed E-state index contributed by atoms with van der Waals surface area (Å²) in [5, 5.41) is 27.9. The lowest BCUT2D eigenvalue weighted by atomic mass is 10.1. The third-order valence-electron chi connectivity index (χ3n) is 5.24. The van der Waals surface area contributed by atoms with Crippen LogP contribution in [0, 0.1) is 13.8 Å². The van der Waals surface area contributed by atoms with Crippen molar-refractivity contribution in [3.63, 3.8) is 0 Å². The number of phenols is 1. The van der Waals surface area contributed by atoms with Crippen LogP contribution in [-0.2, 0) is 17.1 Å². The first-order valence-electron chi connectivity index (χ1n) is 10.5. The zero-order chi connectivity index (χ0) is 25.0. The number of hydrogen-bond donors (Lipinski definition) is 4. The van der Waals surface area contributed by atoms with Crippen LogP contribution < -0.4 is 10.0 Å². The zero-order valence-electron chi connectivity index (χ0n) is 19.2. The standard InChI is InChI=1S/C23H28BrN5O4S/c1-15(18-8-5-6-9-20(18)30)12-21(29-17(3)19(24)13-26-29)25-10-7-11-27-34(32,33)22-16(2)14-28(4)23(22)31/h5-6,8-9,12-14,25,27,30-31H,1,7,10-11H2,2-4H3/b21-12-. The van der Waals surface area contributed by atoms with E-state index < -0.39 is 10.0 Å². The van der Waals surface area contributed by atoms with Crippen molar-refractivity contribution in [2.24, 2.45) is 7.05 Å². The van der Waals surface area contributed by atoms with Gasteiger partial charge in [-0.1, -0.05) is 24.8 Å². The lowest BCUT2D eigenvalue weighted by molar-refractivity contribution is 0.417. The maximum atomic E-state index is 12.6. The molecule has 0 aliphatic rings. The van der Waals surface area contributed by atoms with Gasteiger partial charge in [-0.3, -0.25) is 0 Å². The topological polar surface area (TPSA) is 121 Å². The number of aryl methyl sites for hydroxylation is 2. The second kappa shape index (κ2) is 10.5. The predicted octanol–water partition coefficient (Wildman–Crippen LogP) is 3.48. The Balaban J connectivity index is 1.70. The number of para-hydroxylation sites is 1. The number of benzene rings is 1. The van der Waals surface area contributed by atoms with E-state index in [0.29, 0.717) is 35.5 Å². The SMILES string of the molecule is C=C(/C=C(/NCCCNS(=O)(=O)c1c(C)cn(C)c1O)n1ncc(Br)c1C)c1ccccc1O. The monoisotopic (exact) mass is 549 g/mol. The van der Waals surface area contributed by atoms with Crippen LogP contribution in [0.15, 0.2) is 58.7 Å². The Morgan fingerprint density at radius 3 is 2.53 bits per heavy atom. The van der Waals surface area contributed by atoms with Crippen molar-refractivity contribution in [2.45, 2.75) is 25.2 Å². The van der Waals surface area contributed by atoms with Gasteiger partial charge < -0.3 is 20.1 Å². The molecule has 2 heterocycles. The number of aromatic hydroxyl groups is 2. The van der Waals surface area contributed by atoms with E-state index in [2.05, 4.69) is 37.6 Å². The van der Waals surface area contributed by atoms with Gasteiger partial charge in [0.1, 0.15) is 16.5 Å². The molecule has 3 rings (SSSR count). The van der Waals surface area contributed by atoms with Crippen LogP contribution in [0.2, 0.25) is 0 Å². The average molecular weight is 550 g/mol. The molecule has 11 heteroatoms. The summed E-state index contributed by atoms with van der Waals surface area (Å²) in [5.74, 6) is 0.446. The summed E-state index contributed by atoms with van der Waals surface area (Å²) in [6.45, 7) is 8.20. The Kier molecular flexibility index (Phi) is 7.90. The van der Waals surface area contributed by atoms with Crippen molar-refractivity contribution < 1.29 is 18.6 Å². The van der Waals surface area contributed by atoms with Crippen LogP contribution in [0.5, 0.6) is 11.6 Å². The Bertz CT molecular complexity index is 1340. The number of halogens is 1. The minimum absolute atomic E-state index is 0.112. The quantitative estimate of drug-likeness (QED) is 0.227. The molecule has 4 N–H and O–H groups in total. The van der Waals surface area contributed by atoms with Gasteiger partial charge in [0.2, 0.25) is 15.9 Å². The number of sulfonamides is 1. The molecule has 34 heavy (non-hydrogen) atoms. The van der Waals surface area contributed by atoms with Crippen molar-refractivity contribution in [3.05, 3.63) is 70.6 Å². The van der Waals surface area contributed by atoms with Gasteiger partial charge >= 0.3 is 0 Å². The Morgan fingerprint density at radius 1 is 1.24 bits per heavy atom. The normalized spacial score (nSPS) is 12.2. The summed E-state index contributed by atoms with van der Waals surface area (Å²) in [7, 11) is -2.26. The highest BCUT2D eigenvalue weighted by Gasteiger charge is 2.24. The first-order valence-corrected chi connectivity index (χ1v) is 12.8. The first-order chi connectivity index (χ1) is 16.0. The van der Waals surface area contributed by atoms with E-state index in [-0.39, 0.29) is 23.1 Å². The Labute approximate surface area is 207 Å². The Morgan fingerprint density at radius 2 is 1.94 bits per heavy atom. The van der Waals surface area contributed by atoms with Crippen LogP contribution >= 0.6 is 15.9 Å². The van der Waals surface area contributed by atoms with Gasteiger partial charge in [0.15, 0.2) is 0 Å². The third-order valence-corrected chi connectivity index (χ3v) is 7.65. The molecule has 0 aliphatic carbocycles. The predicted molar refractivity (Wildman–Crippen MR) is 136 cm³/mol. The van der Waals surface area contributed by atoms with Crippen molar-refractivity contribution in [1.29, 1.82) is 0 Å². The largest absolute Gasteiger partial charge is 0.507 e.